The fraction of sp³-hybridized carbons (Fsp3) is 0.346. The summed E-state index contributed by atoms with van der Waals surface area (Å²) in [6.07, 6.45) is 4.77. The van der Waals surface area contributed by atoms with E-state index >= 15 is 0 Å². The Bertz CT molecular complexity index is 1290. The standard InChI is InChI=1S/C26H31N7O4/c1-36-15-13-32-9-11-33(12-10-32)19-4-2-18(3-5-19)30-26(35)23-20(6-7-29-25(23)34)31-22-17-27-16-21-24(22)37-14-8-28-21/h2-7,16-17,28H,8-15H2,1H3,(H,30,35)(H2,29,31,34). The minimum atomic E-state index is -0.513. The van der Waals surface area contributed by atoms with E-state index in [9.17, 15) is 9.59 Å². The Balaban J connectivity index is 1.27. The molecule has 0 atom stereocenters. The maximum atomic E-state index is 13.2. The number of amides is 1. The summed E-state index contributed by atoms with van der Waals surface area (Å²) in [6, 6.07) is 9.32. The maximum Gasteiger partial charge on any atom is 0.263 e. The second-order valence-corrected chi connectivity index (χ2v) is 8.88. The Morgan fingerprint density at radius 1 is 1.11 bits per heavy atom. The molecule has 1 fully saturated rings. The molecule has 5 rings (SSSR count). The number of nitrogens with one attached hydrogen (secondary N) is 4. The number of rotatable bonds is 8. The van der Waals surface area contributed by atoms with Crippen molar-refractivity contribution in [1.29, 1.82) is 0 Å². The maximum absolute atomic E-state index is 13.2. The first-order chi connectivity index (χ1) is 18.1. The number of anilines is 5. The molecule has 0 spiro atoms. The van der Waals surface area contributed by atoms with Crippen LogP contribution in [0.3, 0.4) is 0 Å². The van der Waals surface area contributed by atoms with Crippen molar-refractivity contribution in [2.24, 2.45) is 0 Å². The Morgan fingerprint density at radius 2 is 1.92 bits per heavy atom. The van der Waals surface area contributed by atoms with E-state index in [1.54, 1.807) is 25.6 Å². The summed E-state index contributed by atoms with van der Waals surface area (Å²) >= 11 is 0. The molecule has 1 amide bonds. The third-order valence-electron chi connectivity index (χ3n) is 6.49. The van der Waals surface area contributed by atoms with Gasteiger partial charge < -0.3 is 35.3 Å². The number of hydrogen-bond donors (Lipinski definition) is 4. The van der Waals surface area contributed by atoms with Crippen LogP contribution in [0.4, 0.5) is 28.4 Å². The topological polar surface area (TPSA) is 124 Å². The van der Waals surface area contributed by atoms with Crippen LogP contribution in [0.2, 0.25) is 0 Å². The average Bonchev–Trinajstić information content (AvgIpc) is 2.93. The molecule has 194 valence electrons. The fourth-order valence-electron chi connectivity index (χ4n) is 4.51. The van der Waals surface area contributed by atoms with Crippen LogP contribution in [0.25, 0.3) is 0 Å². The molecule has 11 nitrogen and oxygen atoms in total. The lowest BCUT2D eigenvalue weighted by Crippen LogP contribution is -2.47. The molecular formula is C26H31N7O4. The van der Waals surface area contributed by atoms with E-state index < -0.39 is 11.5 Å². The van der Waals surface area contributed by atoms with Gasteiger partial charge in [0.05, 0.1) is 30.4 Å². The van der Waals surface area contributed by atoms with Crippen LogP contribution in [0.1, 0.15) is 10.4 Å². The Labute approximate surface area is 214 Å². The van der Waals surface area contributed by atoms with Gasteiger partial charge in [-0.2, -0.15) is 0 Å². The van der Waals surface area contributed by atoms with Crippen LogP contribution < -0.4 is 31.1 Å². The van der Waals surface area contributed by atoms with Crippen LogP contribution in [-0.4, -0.2) is 80.4 Å². The highest BCUT2D eigenvalue weighted by Crippen LogP contribution is 2.36. The van der Waals surface area contributed by atoms with E-state index in [0.717, 1.165) is 50.7 Å². The van der Waals surface area contributed by atoms with E-state index in [1.807, 2.05) is 24.3 Å². The first-order valence-corrected chi connectivity index (χ1v) is 12.3. The van der Waals surface area contributed by atoms with Crippen LogP contribution >= 0.6 is 0 Å². The lowest BCUT2D eigenvalue weighted by Gasteiger charge is -2.36. The zero-order valence-corrected chi connectivity index (χ0v) is 20.8. The summed E-state index contributed by atoms with van der Waals surface area (Å²) in [5.74, 6) is 0.0867. The highest BCUT2D eigenvalue weighted by Gasteiger charge is 2.21. The number of carbonyl (C=O) groups excluding carboxylic acids is 1. The van der Waals surface area contributed by atoms with Gasteiger partial charge in [-0.1, -0.05) is 0 Å². The number of methoxy groups -OCH3 is 1. The van der Waals surface area contributed by atoms with Crippen molar-refractivity contribution in [2.45, 2.75) is 0 Å². The van der Waals surface area contributed by atoms with Crippen molar-refractivity contribution in [2.75, 3.05) is 80.4 Å². The number of ether oxygens (including phenoxy) is 2. The van der Waals surface area contributed by atoms with Gasteiger partial charge in [-0.15, -0.1) is 0 Å². The second kappa shape index (κ2) is 11.3. The molecule has 2 aromatic heterocycles. The predicted molar refractivity (Wildman–Crippen MR) is 143 cm³/mol. The molecule has 0 radical (unpaired) electrons. The molecular weight excluding hydrogens is 474 g/mol. The quantitative estimate of drug-likeness (QED) is 0.365. The molecule has 1 aromatic carbocycles. The van der Waals surface area contributed by atoms with Crippen molar-refractivity contribution in [1.82, 2.24) is 14.9 Å². The van der Waals surface area contributed by atoms with E-state index in [-0.39, 0.29) is 5.56 Å². The highest BCUT2D eigenvalue weighted by molar-refractivity contribution is 6.08. The number of benzene rings is 1. The summed E-state index contributed by atoms with van der Waals surface area (Å²) in [5, 5.41) is 9.22. The minimum absolute atomic E-state index is 0.0277. The Morgan fingerprint density at radius 3 is 2.70 bits per heavy atom. The van der Waals surface area contributed by atoms with E-state index in [0.29, 0.717) is 36.0 Å². The number of piperazine rings is 1. The average molecular weight is 506 g/mol. The summed E-state index contributed by atoms with van der Waals surface area (Å²) in [6.45, 7) is 6.70. The zero-order valence-electron chi connectivity index (χ0n) is 20.8. The normalized spacial score (nSPS) is 15.3. The van der Waals surface area contributed by atoms with Gasteiger partial charge in [0.2, 0.25) is 0 Å². The number of pyridine rings is 2. The number of H-pyrrole nitrogens is 1. The first-order valence-electron chi connectivity index (χ1n) is 12.3. The minimum Gasteiger partial charge on any atom is -0.487 e. The van der Waals surface area contributed by atoms with Crippen LogP contribution in [0.5, 0.6) is 5.75 Å². The van der Waals surface area contributed by atoms with Gasteiger partial charge in [-0.05, 0) is 30.3 Å². The van der Waals surface area contributed by atoms with Crippen molar-refractivity contribution in [3.8, 4) is 5.75 Å². The van der Waals surface area contributed by atoms with Gasteiger partial charge in [0.1, 0.15) is 17.9 Å². The summed E-state index contributed by atoms with van der Waals surface area (Å²) in [4.78, 5) is 37.4. The summed E-state index contributed by atoms with van der Waals surface area (Å²) < 4.78 is 10.9. The number of nitrogens with zero attached hydrogens (tertiary/aromatic N) is 3. The predicted octanol–water partition coefficient (Wildman–Crippen LogP) is 2.34. The third kappa shape index (κ3) is 5.68. The van der Waals surface area contributed by atoms with Gasteiger partial charge in [0.15, 0.2) is 5.75 Å². The lowest BCUT2D eigenvalue weighted by atomic mass is 10.2. The molecule has 4 heterocycles. The molecule has 4 N–H and O–H groups in total. The van der Waals surface area contributed by atoms with Gasteiger partial charge in [0, 0.05) is 63.9 Å². The molecule has 0 saturated carbocycles. The molecule has 2 aliphatic heterocycles. The number of aromatic amines is 1. The van der Waals surface area contributed by atoms with Crippen LogP contribution in [-0.2, 0) is 4.74 Å². The number of fused-ring (bicyclic) bond motifs is 1. The molecule has 37 heavy (non-hydrogen) atoms. The molecule has 1 saturated heterocycles. The Hall–Kier alpha value is -4.09. The van der Waals surface area contributed by atoms with Gasteiger partial charge in [-0.25, -0.2) is 0 Å². The number of carbonyl (C=O) groups is 1. The lowest BCUT2D eigenvalue weighted by molar-refractivity contribution is 0.102. The van der Waals surface area contributed by atoms with Crippen molar-refractivity contribution in [3.63, 3.8) is 0 Å². The molecule has 2 aliphatic rings. The molecule has 0 aliphatic carbocycles. The first kappa shape index (κ1) is 24.6. The van der Waals surface area contributed by atoms with Crippen LogP contribution in [0.15, 0.2) is 53.7 Å². The van der Waals surface area contributed by atoms with Crippen molar-refractivity contribution >= 4 is 34.3 Å². The Kier molecular flexibility index (Phi) is 7.52. The van der Waals surface area contributed by atoms with Crippen molar-refractivity contribution < 1.29 is 14.3 Å². The fourth-order valence-corrected chi connectivity index (χ4v) is 4.51. The van der Waals surface area contributed by atoms with Gasteiger partial charge >= 0.3 is 0 Å². The summed E-state index contributed by atoms with van der Waals surface area (Å²) in [5.41, 5.74) is 2.85. The van der Waals surface area contributed by atoms with E-state index in [4.69, 9.17) is 9.47 Å². The monoisotopic (exact) mass is 505 g/mol. The van der Waals surface area contributed by atoms with E-state index in [2.05, 4.69) is 35.7 Å². The van der Waals surface area contributed by atoms with Gasteiger partial charge in [0.25, 0.3) is 11.5 Å². The molecule has 0 unspecified atom stereocenters. The molecule has 11 heteroatoms. The van der Waals surface area contributed by atoms with Gasteiger partial charge in [-0.3, -0.25) is 19.5 Å². The number of hydrogen-bond acceptors (Lipinski definition) is 9. The summed E-state index contributed by atoms with van der Waals surface area (Å²) in [7, 11) is 1.72. The second-order valence-electron chi connectivity index (χ2n) is 8.88. The highest BCUT2D eigenvalue weighted by atomic mass is 16.5. The smallest absolute Gasteiger partial charge is 0.263 e. The SMILES string of the molecule is COCCN1CCN(c2ccc(NC(=O)c3c(Nc4cncc5c4OCCN5)cc[nH]c3=O)cc2)CC1. The van der Waals surface area contributed by atoms with Crippen LogP contribution in [0, 0.1) is 0 Å². The largest absolute Gasteiger partial charge is 0.487 e. The third-order valence-corrected chi connectivity index (χ3v) is 6.49. The van der Waals surface area contributed by atoms with E-state index in [1.165, 1.54) is 6.20 Å². The van der Waals surface area contributed by atoms with Crippen molar-refractivity contribution in [3.05, 3.63) is 64.8 Å². The number of aromatic nitrogens is 2. The molecule has 0 bridgehead atoms. The molecule has 3 aromatic rings. The zero-order chi connectivity index (χ0) is 25.6.